The highest BCUT2D eigenvalue weighted by Gasteiger charge is 2.24. The van der Waals surface area contributed by atoms with E-state index >= 15 is 0 Å². The van der Waals surface area contributed by atoms with Gasteiger partial charge in [-0.2, -0.15) is 0 Å². The van der Waals surface area contributed by atoms with E-state index in [-0.39, 0.29) is 5.70 Å². The summed E-state index contributed by atoms with van der Waals surface area (Å²) in [5, 5.41) is 0. The van der Waals surface area contributed by atoms with Crippen LogP contribution in [-0.2, 0) is 9.53 Å². The molecule has 0 saturated heterocycles. The Morgan fingerprint density at radius 3 is 2.61 bits per heavy atom. The Morgan fingerprint density at radius 2 is 1.93 bits per heavy atom. The number of carbonyl (C=O) groups excluding carboxylic acids is 1. The molecule has 28 heavy (non-hydrogen) atoms. The topological polar surface area (TPSA) is 57.1 Å². The van der Waals surface area contributed by atoms with Gasteiger partial charge in [0.2, 0.25) is 5.90 Å². The van der Waals surface area contributed by atoms with Gasteiger partial charge in [-0.3, -0.25) is 0 Å². The predicted molar refractivity (Wildman–Crippen MR) is 121 cm³/mol. The standard InChI is InChI=1S/C21H19BrINO4/c1-3-9-27-19-16(22)10-13(12-18(19)26-4-2)11-17-21(25)28-20(24-17)14-5-7-15(23)8-6-14/h5-8,10-12H,3-4,9H2,1-2H3/b17-11-. The zero-order valence-electron chi connectivity index (χ0n) is 15.5. The fourth-order valence-corrected chi connectivity index (χ4v) is 3.50. The van der Waals surface area contributed by atoms with Gasteiger partial charge >= 0.3 is 5.97 Å². The summed E-state index contributed by atoms with van der Waals surface area (Å²) in [6.45, 7) is 5.05. The summed E-state index contributed by atoms with van der Waals surface area (Å²) in [6, 6.07) is 11.3. The number of hydrogen-bond donors (Lipinski definition) is 0. The minimum Gasteiger partial charge on any atom is -0.490 e. The predicted octanol–water partition coefficient (Wildman–Crippen LogP) is 5.59. The van der Waals surface area contributed by atoms with E-state index in [1.165, 1.54) is 0 Å². The molecule has 0 amide bonds. The highest BCUT2D eigenvalue weighted by atomic mass is 127. The van der Waals surface area contributed by atoms with E-state index < -0.39 is 5.97 Å². The van der Waals surface area contributed by atoms with Crippen molar-refractivity contribution in [3.8, 4) is 11.5 Å². The van der Waals surface area contributed by atoms with Crippen molar-refractivity contribution in [1.82, 2.24) is 0 Å². The van der Waals surface area contributed by atoms with Crippen LogP contribution >= 0.6 is 38.5 Å². The van der Waals surface area contributed by atoms with Crippen molar-refractivity contribution in [2.75, 3.05) is 13.2 Å². The van der Waals surface area contributed by atoms with Crippen molar-refractivity contribution in [2.24, 2.45) is 4.99 Å². The maximum absolute atomic E-state index is 12.3. The van der Waals surface area contributed by atoms with Gasteiger partial charge in [0, 0.05) is 9.13 Å². The van der Waals surface area contributed by atoms with Crippen LogP contribution in [0.5, 0.6) is 11.5 Å². The second-order valence-corrected chi connectivity index (χ2v) is 8.05. The van der Waals surface area contributed by atoms with Crippen LogP contribution in [0.25, 0.3) is 6.08 Å². The molecular formula is C21H19BrINO4. The van der Waals surface area contributed by atoms with Gasteiger partial charge in [-0.15, -0.1) is 0 Å². The number of carbonyl (C=O) groups is 1. The summed E-state index contributed by atoms with van der Waals surface area (Å²) in [5.74, 6) is 1.10. The van der Waals surface area contributed by atoms with Crippen molar-refractivity contribution in [3.05, 3.63) is 61.3 Å². The lowest BCUT2D eigenvalue weighted by molar-refractivity contribution is -0.129. The summed E-state index contributed by atoms with van der Waals surface area (Å²) in [6.07, 6.45) is 2.57. The van der Waals surface area contributed by atoms with Gasteiger partial charge in [0.15, 0.2) is 17.2 Å². The molecule has 0 bridgehead atoms. The first-order chi connectivity index (χ1) is 13.5. The maximum Gasteiger partial charge on any atom is 0.363 e. The van der Waals surface area contributed by atoms with Gasteiger partial charge in [-0.05, 0) is 99.9 Å². The quantitative estimate of drug-likeness (QED) is 0.254. The zero-order valence-corrected chi connectivity index (χ0v) is 19.2. The van der Waals surface area contributed by atoms with E-state index in [1.807, 2.05) is 50.2 Å². The van der Waals surface area contributed by atoms with Gasteiger partial charge in [0.05, 0.1) is 17.7 Å². The van der Waals surface area contributed by atoms with Crippen LogP contribution in [0, 0.1) is 3.57 Å². The Hall–Kier alpha value is -1.87. The maximum atomic E-state index is 12.3. The third-order valence-corrected chi connectivity index (χ3v) is 5.11. The normalized spacial score (nSPS) is 14.8. The van der Waals surface area contributed by atoms with Crippen molar-refractivity contribution < 1.29 is 19.0 Å². The van der Waals surface area contributed by atoms with E-state index in [0.717, 1.165) is 25.6 Å². The van der Waals surface area contributed by atoms with Crippen LogP contribution in [0.2, 0.25) is 0 Å². The first-order valence-corrected chi connectivity index (χ1v) is 10.8. The van der Waals surface area contributed by atoms with Crippen molar-refractivity contribution >= 4 is 56.5 Å². The summed E-state index contributed by atoms with van der Waals surface area (Å²) < 4.78 is 18.7. The highest BCUT2D eigenvalue weighted by molar-refractivity contribution is 14.1. The summed E-state index contributed by atoms with van der Waals surface area (Å²) in [7, 11) is 0. The van der Waals surface area contributed by atoms with Gasteiger partial charge in [0.25, 0.3) is 0 Å². The van der Waals surface area contributed by atoms with Gasteiger partial charge in [0.1, 0.15) is 0 Å². The van der Waals surface area contributed by atoms with E-state index in [2.05, 4.69) is 43.5 Å². The number of rotatable bonds is 7. The number of esters is 1. The molecular weight excluding hydrogens is 537 g/mol. The summed E-state index contributed by atoms with van der Waals surface area (Å²) in [5.41, 5.74) is 1.76. The molecule has 1 aliphatic rings. The Balaban J connectivity index is 1.93. The molecule has 3 rings (SSSR count). The fraction of sp³-hybridized carbons (Fsp3) is 0.238. The van der Waals surface area contributed by atoms with Crippen LogP contribution in [0.3, 0.4) is 0 Å². The first-order valence-electron chi connectivity index (χ1n) is 8.89. The minimum atomic E-state index is -0.478. The number of nitrogens with zero attached hydrogens (tertiary/aromatic N) is 1. The number of hydrogen-bond acceptors (Lipinski definition) is 5. The Kier molecular flexibility index (Phi) is 7.12. The summed E-state index contributed by atoms with van der Waals surface area (Å²) in [4.78, 5) is 16.6. The minimum absolute atomic E-state index is 0.241. The molecule has 7 heteroatoms. The number of aliphatic imine (C=N–C) groups is 1. The lowest BCUT2D eigenvalue weighted by atomic mass is 10.1. The number of benzene rings is 2. The average molecular weight is 556 g/mol. The van der Waals surface area contributed by atoms with E-state index in [9.17, 15) is 4.79 Å². The average Bonchev–Trinajstić information content (AvgIpc) is 3.02. The molecule has 1 aliphatic heterocycles. The van der Waals surface area contributed by atoms with Crippen LogP contribution < -0.4 is 9.47 Å². The Morgan fingerprint density at radius 1 is 1.18 bits per heavy atom. The molecule has 0 unspecified atom stereocenters. The first kappa shape index (κ1) is 20.9. The molecule has 5 nitrogen and oxygen atoms in total. The molecule has 0 N–H and O–H groups in total. The van der Waals surface area contributed by atoms with Crippen LogP contribution in [0.1, 0.15) is 31.4 Å². The lowest BCUT2D eigenvalue weighted by Crippen LogP contribution is -2.05. The number of halogens is 2. The van der Waals surface area contributed by atoms with Crippen molar-refractivity contribution in [1.29, 1.82) is 0 Å². The molecule has 146 valence electrons. The molecule has 0 atom stereocenters. The van der Waals surface area contributed by atoms with Crippen LogP contribution in [0.4, 0.5) is 0 Å². The largest absolute Gasteiger partial charge is 0.490 e. The number of cyclic esters (lactones) is 1. The monoisotopic (exact) mass is 555 g/mol. The molecule has 0 spiro atoms. The molecule has 0 aromatic heterocycles. The highest BCUT2D eigenvalue weighted by Crippen LogP contribution is 2.38. The molecule has 0 saturated carbocycles. The Bertz CT molecular complexity index is 938. The summed E-state index contributed by atoms with van der Waals surface area (Å²) >= 11 is 5.75. The fourth-order valence-electron chi connectivity index (χ4n) is 2.56. The van der Waals surface area contributed by atoms with Gasteiger partial charge in [-0.1, -0.05) is 6.92 Å². The Labute approximate surface area is 186 Å². The molecule has 0 radical (unpaired) electrons. The third-order valence-electron chi connectivity index (χ3n) is 3.80. The zero-order chi connectivity index (χ0) is 20.1. The van der Waals surface area contributed by atoms with Gasteiger partial charge in [-0.25, -0.2) is 9.79 Å². The van der Waals surface area contributed by atoms with Gasteiger partial charge < -0.3 is 14.2 Å². The van der Waals surface area contributed by atoms with E-state index in [0.29, 0.717) is 30.6 Å². The SMILES string of the molecule is CCCOc1c(Br)cc(/C=C2\N=C(c3ccc(I)cc3)OC2=O)cc1OCC. The van der Waals surface area contributed by atoms with Crippen molar-refractivity contribution in [2.45, 2.75) is 20.3 Å². The second-order valence-electron chi connectivity index (χ2n) is 5.95. The molecule has 2 aromatic carbocycles. The molecule has 1 heterocycles. The van der Waals surface area contributed by atoms with Crippen molar-refractivity contribution in [3.63, 3.8) is 0 Å². The molecule has 0 aliphatic carbocycles. The smallest absolute Gasteiger partial charge is 0.363 e. The van der Waals surface area contributed by atoms with Crippen LogP contribution in [-0.4, -0.2) is 25.1 Å². The lowest BCUT2D eigenvalue weighted by Gasteiger charge is -2.14. The number of ether oxygens (including phenoxy) is 3. The third kappa shape index (κ3) is 4.94. The molecule has 2 aromatic rings. The molecule has 0 fully saturated rings. The second kappa shape index (κ2) is 9.56. The van der Waals surface area contributed by atoms with Crippen LogP contribution in [0.15, 0.2) is 51.6 Å². The van der Waals surface area contributed by atoms with E-state index in [4.69, 9.17) is 14.2 Å². The van der Waals surface area contributed by atoms with E-state index in [1.54, 1.807) is 6.08 Å².